The molecule has 0 bridgehead atoms. The molecule has 0 unspecified atom stereocenters. The lowest BCUT2D eigenvalue weighted by atomic mass is 9.80. The zero-order chi connectivity index (χ0) is 10.6. The van der Waals surface area contributed by atoms with Crippen molar-refractivity contribution in [2.75, 3.05) is 0 Å². The van der Waals surface area contributed by atoms with Crippen LogP contribution < -0.4 is 5.46 Å². The van der Waals surface area contributed by atoms with Gasteiger partial charge in [-0.1, -0.05) is 30.8 Å². The summed E-state index contributed by atoms with van der Waals surface area (Å²) in [4.78, 5) is 11.0. The second-order valence-corrected chi connectivity index (χ2v) is 2.96. The molecule has 0 saturated heterocycles. The Morgan fingerprint density at radius 2 is 1.93 bits per heavy atom. The van der Waals surface area contributed by atoms with Gasteiger partial charge in [0.1, 0.15) is 0 Å². The molecule has 0 aliphatic rings. The molecule has 1 aromatic carbocycles. The summed E-state index contributed by atoms with van der Waals surface area (Å²) in [6, 6.07) is 6.54. The van der Waals surface area contributed by atoms with Crippen LogP contribution in [0, 0.1) is 0 Å². The number of ketones is 1. The van der Waals surface area contributed by atoms with Crippen LogP contribution in [-0.4, -0.2) is 22.9 Å². The van der Waals surface area contributed by atoms with E-state index >= 15 is 0 Å². The van der Waals surface area contributed by atoms with Gasteiger partial charge in [-0.15, -0.1) is 0 Å². The van der Waals surface area contributed by atoms with Gasteiger partial charge >= 0.3 is 7.12 Å². The van der Waals surface area contributed by atoms with Crippen LogP contribution in [0.4, 0.5) is 0 Å². The molecule has 0 aliphatic carbocycles. The number of hydrogen-bond donors (Lipinski definition) is 2. The highest BCUT2D eigenvalue weighted by molar-refractivity contribution is 6.58. The Morgan fingerprint density at radius 3 is 2.36 bits per heavy atom. The molecule has 0 spiro atoms. The first-order valence-electron chi connectivity index (χ1n) is 4.23. The van der Waals surface area contributed by atoms with Gasteiger partial charge in [-0.25, -0.2) is 0 Å². The predicted molar refractivity (Wildman–Crippen MR) is 55.2 cm³/mol. The lowest BCUT2D eigenvalue weighted by molar-refractivity contribution is -0.114. The number of carbonyl (C=O) groups is 1. The van der Waals surface area contributed by atoms with Gasteiger partial charge < -0.3 is 10.0 Å². The van der Waals surface area contributed by atoms with Crippen LogP contribution in [0.15, 0.2) is 36.9 Å². The van der Waals surface area contributed by atoms with Crippen LogP contribution in [0.3, 0.4) is 0 Å². The van der Waals surface area contributed by atoms with E-state index < -0.39 is 7.12 Å². The second-order valence-electron chi connectivity index (χ2n) is 2.96. The third-order valence-electron chi connectivity index (χ3n) is 1.88. The highest BCUT2D eigenvalue weighted by Gasteiger charge is 2.09. The molecule has 72 valence electrons. The molecule has 0 aromatic heterocycles. The van der Waals surface area contributed by atoms with Crippen LogP contribution >= 0.6 is 0 Å². The van der Waals surface area contributed by atoms with Crippen LogP contribution in [0.25, 0.3) is 0 Å². The third-order valence-corrected chi connectivity index (χ3v) is 1.88. The van der Waals surface area contributed by atoms with Gasteiger partial charge in [-0.05, 0) is 17.1 Å². The van der Waals surface area contributed by atoms with Crippen LogP contribution in [0.5, 0.6) is 0 Å². The van der Waals surface area contributed by atoms with Gasteiger partial charge in [-0.2, -0.15) is 0 Å². The molecule has 0 atom stereocenters. The molecule has 0 radical (unpaired) electrons. The average Bonchev–Trinajstić information content (AvgIpc) is 2.18. The summed E-state index contributed by atoms with van der Waals surface area (Å²) in [5.41, 5.74) is 1.25. The number of carbonyl (C=O) groups excluding carboxylic acids is 1. The van der Waals surface area contributed by atoms with E-state index in [1.807, 2.05) is 0 Å². The largest absolute Gasteiger partial charge is 0.488 e. The molecule has 1 rings (SSSR count). The molecule has 0 fully saturated rings. The molecule has 2 N–H and O–H groups in total. The number of allylic oxidation sites excluding steroid dienone is 1. The summed E-state index contributed by atoms with van der Waals surface area (Å²) in [5.74, 6) is -0.0534. The minimum absolute atomic E-state index is 0.0534. The molecule has 0 amide bonds. The van der Waals surface area contributed by atoms with Gasteiger partial charge in [-0.3, -0.25) is 4.79 Å². The van der Waals surface area contributed by atoms with E-state index in [4.69, 9.17) is 10.0 Å². The van der Waals surface area contributed by atoms with E-state index in [-0.39, 0.29) is 5.78 Å². The summed E-state index contributed by atoms with van der Waals surface area (Å²) in [7, 11) is -1.46. The summed E-state index contributed by atoms with van der Waals surface area (Å²) in [6.07, 6.45) is 1.57. The predicted octanol–water partition coefficient (Wildman–Crippen LogP) is -0.336. The first-order valence-corrected chi connectivity index (χ1v) is 4.23. The van der Waals surface area contributed by atoms with Crippen molar-refractivity contribution >= 4 is 18.4 Å². The average molecular weight is 190 g/mol. The molecule has 14 heavy (non-hydrogen) atoms. The highest BCUT2D eigenvalue weighted by Crippen LogP contribution is 1.99. The van der Waals surface area contributed by atoms with Crippen molar-refractivity contribution in [3.05, 3.63) is 42.5 Å². The van der Waals surface area contributed by atoms with E-state index in [1.165, 1.54) is 6.08 Å². The van der Waals surface area contributed by atoms with E-state index in [0.717, 1.165) is 5.56 Å². The number of rotatable bonds is 4. The quantitative estimate of drug-likeness (QED) is 0.504. The summed E-state index contributed by atoms with van der Waals surface area (Å²) in [5, 5.41) is 17.6. The molecule has 0 aliphatic heterocycles. The van der Waals surface area contributed by atoms with E-state index in [2.05, 4.69) is 6.58 Å². The van der Waals surface area contributed by atoms with Gasteiger partial charge in [0, 0.05) is 6.42 Å². The maximum atomic E-state index is 11.0. The normalized spacial score (nSPS) is 9.57. The Bertz CT molecular complexity index is 330. The minimum Gasteiger partial charge on any atom is -0.423 e. The smallest absolute Gasteiger partial charge is 0.423 e. The first kappa shape index (κ1) is 10.7. The van der Waals surface area contributed by atoms with Crippen molar-refractivity contribution in [1.29, 1.82) is 0 Å². The van der Waals surface area contributed by atoms with Crippen LogP contribution in [0.1, 0.15) is 5.56 Å². The molecule has 0 heterocycles. The SMILES string of the molecule is C=CC(=O)Cc1ccc(B(O)O)cc1. The molecule has 0 saturated carbocycles. The van der Waals surface area contributed by atoms with Crippen molar-refractivity contribution in [1.82, 2.24) is 0 Å². The maximum absolute atomic E-state index is 11.0. The Balaban J connectivity index is 2.73. The monoisotopic (exact) mass is 190 g/mol. The molecule has 4 heteroatoms. The molecule has 3 nitrogen and oxygen atoms in total. The van der Waals surface area contributed by atoms with E-state index in [1.54, 1.807) is 24.3 Å². The number of hydrogen-bond acceptors (Lipinski definition) is 3. The zero-order valence-corrected chi connectivity index (χ0v) is 7.68. The fourth-order valence-electron chi connectivity index (χ4n) is 1.08. The second kappa shape index (κ2) is 4.74. The van der Waals surface area contributed by atoms with Gasteiger partial charge in [0.15, 0.2) is 5.78 Å². The Hall–Kier alpha value is -1.39. The standard InChI is InChI=1S/C10H11BO3/c1-2-10(12)7-8-3-5-9(6-4-8)11(13)14/h2-6,13-14H,1,7H2. The van der Waals surface area contributed by atoms with Crippen LogP contribution in [-0.2, 0) is 11.2 Å². The van der Waals surface area contributed by atoms with Crippen LogP contribution in [0.2, 0.25) is 0 Å². The van der Waals surface area contributed by atoms with Gasteiger partial charge in [0.25, 0.3) is 0 Å². The fourth-order valence-corrected chi connectivity index (χ4v) is 1.08. The van der Waals surface area contributed by atoms with Crippen molar-refractivity contribution in [3.8, 4) is 0 Å². The van der Waals surface area contributed by atoms with Gasteiger partial charge in [0.2, 0.25) is 0 Å². The fraction of sp³-hybridized carbons (Fsp3) is 0.100. The minimum atomic E-state index is -1.46. The highest BCUT2D eigenvalue weighted by atomic mass is 16.4. The van der Waals surface area contributed by atoms with E-state index in [0.29, 0.717) is 11.9 Å². The van der Waals surface area contributed by atoms with Crippen molar-refractivity contribution in [2.45, 2.75) is 6.42 Å². The van der Waals surface area contributed by atoms with Gasteiger partial charge in [0.05, 0.1) is 0 Å². The topological polar surface area (TPSA) is 57.5 Å². The molecule has 1 aromatic rings. The Kier molecular flexibility index (Phi) is 3.62. The summed E-state index contributed by atoms with van der Waals surface area (Å²) >= 11 is 0. The van der Waals surface area contributed by atoms with E-state index in [9.17, 15) is 4.79 Å². The Labute approximate surface area is 82.8 Å². The zero-order valence-electron chi connectivity index (χ0n) is 7.68. The maximum Gasteiger partial charge on any atom is 0.488 e. The third kappa shape index (κ3) is 2.83. The molecular weight excluding hydrogens is 179 g/mol. The summed E-state index contributed by atoms with van der Waals surface area (Å²) < 4.78 is 0. The molecular formula is C10H11BO3. The summed E-state index contributed by atoms with van der Waals surface area (Å²) in [6.45, 7) is 3.37. The Morgan fingerprint density at radius 1 is 1.36 bits per heavy atom. The van der Waals surface area contributed by atoms with Crippen molar-refractivity contribution in [3.63, 3.8) is 0 Å². The lowest BCUT2D eigenvalue weighted by Crippen LogP contribution is -2.29. The number of benzene rings is 1. The van der Waals surface area contributed by atoms with Crippen molar-refractivity contribution in [2.24, 2.45) is 0 Å². The first-order chi connectivity index (χ1) is 6.63. The lowest BCUT2D eigenvalue weighted by Gasteiger charge is -2.01. The van der Waals surface area contributed by atoms with Crippen molar-refractivity contribution < 1.29 is 14.8 Å².